The van der Waals surface area contributed by atoms with Gasteiger partial charge in [-0.15, -0.1) is 0 Å². The Kier molecular flexibility index (Phi) is 6.56. The molecule has 3 aromatic carbocycles. The summed E-state index contributed by atoms with van der Waals surface area (Å²) in [5.41, 5.74) is 2.76. The summed E-state index contributed by atoms with van der Waals surface area (Å²) in [6, 6.07) is 19.1. The highest BCUT2D eigenvalue weighted by atomic mass is 35.5. The van der Waals surface area contributed by atoms with Gasteiger partial charge in [0, 0.05) is 5.56 Å². The summed E-state index contributed by atoms with van der Waals surface area (Å²) in [5, 5.41) is 0.295. The van der Waals surface area contributed by atoms with Crippen LogP contribution in [-0.4, -0.2) is 24.4 Å². The second-order valence-electron chi connectivity index (χ2n) is 7.16. The van der Waals surface area contributed by atoms with Crippen LogP contribution < -0.4 is 9.47 Å². The van der Waals surface area contributed by atoms with Crippen molar-refractivity contribution in [2.24, 2.45) is 4.99 Å². The number of aryl methyl sites for hydroxylation is 1. The first-order valence-corrected chi connectivity index (χ1v) is 10.7. The molecule has 0 saturated carbocycles. The average Bonchev–Trinajstić information content (AvgIpc) is 3.16. The van der Waals surface area contributed by atoms with Crippen LogP contribution in [0.1, 0.15) is 34.0 Å². The Balaban J connectivity index is 1.62. The number of esters is 2. The molecule has 0 amide bonds. The van der Waals surface area contributed by atoms with Gasteiger partial charge in [0.15, 0.2) is 17.2 Å². The molecule has 0 aromatic heterocycles. The zero-order chi connectivity index (χ0) is 23.4. The fourth-order valence-electron chi connectivity index (χ4n) is 3.24. The molecule has 1 aliphatic rings. The second kappa shape index (κ2) is 9.71. The molecule has 0 spiro atoms. The van der Waals surface area contributed by atoms with Crippen molar-refractivity contribution in [2.75, 3.05) is 6.61 Å². The van der Waals surface area contributed by atoms with E-state index in [-0.39, 0.29) is 22.9 Å². The monoisotopic (exact) mass is 461 g/mol. The van der Waals surface area contributed by atoms with Gasteiger partial charge in [-0.3, -0.25) is 0 Å². The number of benzene rings is 3. The number of carbonyl (C=O) groups is 2. The second-order valence-corrected chi connectivity index (χ2v) is 7.57. The average molecular weight is 462 g/mol. The molecule has 0 radical (unpaired) electrons. The molecule has 1 aliphatic heterocycles. The molecular formula is C26H20ClNO5. The number of carbonyl (C=O) groups excluding carboxylic acids is 2. The molecule has 0 unspecified atom stereocenters. The summed E-state index contributed by atoms with van der Waals surface area (Å²) < 4.78 is 16.5. The fraction of sp³-hybridized carbons (Fsp3) is 0.115. The topological polar surface area (TPSA) is 74.2 Å². The molecule has 0 fully saturated rings. The van der Waals surface area contributed by atoms with E-state index in [0.29, 0.717) is 22.9 Å². The smallest absolute Gasteiger partial charge is 0.363 e. The van der Waals surface area contributed by atoms with Crippen molar-refractivity contribution < 1.29 is 23.8 Å². The molecule has 6 nitrogen and oxygen atoms in total. The summed E-state index contributed by atoms with van der Waals surface area (Å²) in [6.07, 6.45) is 1.59. The van der Waals surface area contributed by atoms with E-state index >= 15 is 0 Å². The summed E-state index contributed by atoms with van der Waals surface area (Å²) in [4.78, 5) is 29.3. The Labute approximate surface area is 196 Å². The zero-order valence-corrected chi connectivity index (χ0v) is 18.8. The van der Waals surface area contributed by atoms with Crippen molar-refractivity contribution in [1.29, 1.82) is 0 Å². The maximum absolute atomic E-state index is 12.5. The molecular weight excluding hydrogens is 442 g/mol. The number of hydrogen-bond donors (Lipinski definition) is 0. The van der Waals surface area contributed by atoms with E-state index in [4.69, 9.17) is 25.8 Å². The van der Waals surface area contributed by atoms with Gasteiger partial charge in [-0.1, -0.05) is 48.0 Å². The van der Waals surface area contributed by atoms with E-state index in [9.17, 15) is 9.59 Å². The van der Waals surface area contributed by atoms with Crippen LogP contribution in [0.15, 0.2) is 77.4 Å². The van der Waals surface area contributed by atoms with Crippen LogP contribution >= 0.6 is 11.6 Å². The number of halogens is 1. The summed E-state index contributed by atoms with van der Waals surface area (Å²) in [7, 11) is 0. The first-order chi connectivity index (χ1) is 16.0. The quantitative estimate of drug-likeness (QED) is 0.271. The van der Waals surface area contributed by atoms with Crippen molar-refractivity contribution in [3.05, 3.63) is 99.7 Å². The lowest BCUT2D eigenvalue weighted by Gasteiger charge is -2.12. The fourth-order valence-corrected chi connectivity index (χ4v) is 3.46. The van der Waals surface area contributed by atoms with Crippen molar-refractivity contribution in [1.82, 2.24) is 0 Å². The van der Waals surface area contributed by atoms with Crippen LogP contribution in [0, 0.1) is 6.92 Å². The third kappa shape index (κ3) is 4.96. The molecule has 0 aliphatic carbocycles. The van der Waals surface area contributed by atoms with Crippen molar-refractivity contribution in [2.45, 2.75) is 13.8 Å². The standard InChI is InChI=1S/C26H20ClNO5/c1-3-31-23-15-17(12-13-22(23)32-25(29)19-10-6-7-11-20(19)27)14-21-26(30)33-24(28-21)18-9-5-4-8-16(18)2/h4-15H,3H2,1-2H3. The van der Waals surface area contributed by atoms with Crippen LogP contribution in [-0.2, 0) is 9.53 Å². The first-order valence-electron chi connectivity index (χ1n) is 10.3. The van der Waals surface area contributed by atoms with Gasteiger partial charge in [0.25, 0.3) is 0 Å². The van der Waals surface area contributed by atoms with Gasteiger partial charge in [0.05, 0.1) is 17.2 Å². The highest BCUT2D eigenvalue weighted by molar-refractivity contribution is 6.33. The SMILES string of the molecule is CCOc1cc(C=C2N=C(c3ccccc3C)OC2=O)ccc1OC(=O)c1ccccc1Cl. The highest BCUT2D eigenvalue weighted by Crippen LogP contribution is 2.31. The zero-order valence-electron chi connectivity index (χ0n) is 18.0. The minimum Gasteiger partial charge on any atom is -0.490 e. The van der Waals surface area contributed by atoms with Gasteiger partial charge < -0.3 is 14.2 Å². The van der Waals surface area contributed by atoms with Crippen LogP contribution in [0.5, 0.6) is 11.5 Å². The van der Waals surface area contributed by atoms with Gasteiger partial charge in [0.1, 0.15) is 0 Å². The van der Waals surface area contributed by atoms with Gasteiger partial charge >= 0.3 is 11.9 Å². The molecule has 1 heterocycles. The number of cyclic esters (lactones) is 1. The van der Waals surface area contributed by atoms with E-state index < -0.39 is 11.9 Å². The lowest BCUT2D eigenvalue weighted by Crippen LogP contribution is -2.10. The van der Waals surface area contributed by atoms with Crippen LogP contribution in [0.3, 0.4) is 0 Å². The van der Waals surface area contributed by atoms with Gasteiger partial charge in [0.2, 0.25) is 5.90 Å². The number of rotatable bonds is 6. The van der Waals surface area contributed by atoms with Crippen LogP contribution in [0.25, 0.3) is 6.08 Å². The highest BCUT2D eigenvalue weighted by Gasteiger charge is 2.25. The van der Waals surface area contributed by atoms with Crippen LogP contribution in [0.4, 0.5) is 0 Å². The lowest BCUT2D eigenvalue weighted by atomic mass is 10.1. The van der Waals surface area contributed by atoms with Gasteiger partial charge in [-0.2, -0.15) is 0 Å². The number of ether oxygens (including phenoxy) is 3. The third-order valence-corrected chi connectivity index (χ3v) is 5.19. The van der Waals surface area contributed by atoms with Crippen LogP contribution in [0.2, 0.25) is 5.02 Å². The molecule has 0 bridgehead atoms. The summed E-state index contributed by atoms with van der Waals surface area (Å²) >= 11 is 6.09. The normalized spacial score (nSPS) is 14.1. The Morgan fingerprint density at radius 2 is 1.82 bits per heavy atom. The summed E-state index contributed by atoms with van der Waals surface area (Å²) in [6.45, 7) is 4.09. The maximum atomic E-state index is 12.5. The predicted molar refractivity (Wildman–Crippen MR) is 126 cm³/mol. The number of aliphatic imine (C=N–C) groups is 1. The third-order valence-electron chi connectivity index (χ3n) is 4.86. The molecule has 166 valence electrons. The number of hydrogen-bond acceptors (Lipinski definition) is 6. The van der Waals surface area contributed by atoms with Crippen molar-refractivity contribution >= 4 is 35.5 Å². The lowest BCUT2D eigenvalue weighted by molar-refractivity contribution is -0.129. The first kappa shape index (κ1) is 22.3. The maximum Gasteiger partial charge on any atom is 0.363 e. The molecule has 0 N–H and O–H groups in total. The molecule has 4 rings (SSSR count). The Morgan fingerprint density at radius 3 is 2.58 bits per heavy atom. The number of nitrogens with zero attached hydrogens (tertiary/aromatic N) is 1. The largest absolute Gasteiger partial charge is 0.490 e. The Bertz CT molecular complexity index is 1300. The minimum atomic E-state index is -0.598. The molecule has 0 atom stereocenters. The van der Waals surface area contributed by atoms with Gasteiger partial charge in [-0.05, 0) is 61.4 Å². The molecule has 3 aromatic rings. The van der Waals surface area contributed by atoms with Crippen molar-refractivity contribution in [3.8, 4) is 11.5 Å². The predicted octanol–water partition coefficient (Wildman–Crippen LogP) is 5.61. The Morgan fingerprint density at radius 1 is 1.06 bits per heavy atom. The molecule has 7 heteroatoms. The van der Waals surface area contributed by atoms with Crippen molar-refractivity contribution in [3.63, 3.8) is 0 Å². The van der Waals surface area contributed by atoms with E-state index in [1.807, 2.05) is 38.1 Å². The van der Waals surface area contributed by atoms with E-state index in [0.717, 1.165) is 11.1 Å². The minimum absolute atomic E-state index is 0.163. The Hall–Kier alpha value is -3.90. The van der Waals surface area contributed by atoms with E-state index in [2.05, 4.69) is 4.99 Å². The van der Waals surface area contributed by atoms with E-state index in [1.165, 1.54) is 0 Å². The summed E-state index contributed by atoms with van der Waals surface area (Å²) in [5.74, 6) is -0.289. The molecule has 0 saturated heterocycles. The molecule has 33 heavy (non-hydrogen) atoms. The van der Waals surface area contributed by atoms with Gasteiger partial charge in [-0.25, -0.2) is 14.6 Å². The van der Waals surface area contributed by atoms with E-state index in [1.54, 1.807) is 48.5 Å².